The standard InChI is InChI=1S/C10H21N3O2S/c1-8-5-12(2)3-4-13(8)10-7-16(14,15)6-9(10)11/h8-10H,3-7,11H2,1-2H3. The first kappa shape index (κ1) is 12.3. The lowest BCUT2D eigenvalue weighted by atomic mass is 10.1. The molecule has 6 heteroatoms. The Balaban J connectivity index is 2.08. The van der Waals surface area contributed by atoms with Crippen LogP contribution in [0.15, 0.2) is 0 Å². The zero-order valence-electron chi connectivity index (χ0n) is 9.96. The molecule has 3 atom stereocenters. The van der Waals surface area contributed by atoms with Gasteiger partial charge in [0.2, 0.25) is 0 Å². The number of nitrogens with zero attached hydrogens (tertiary/aromatic N) is 2. The number of rotatable bonds is 1. The van der Waals surface area contributed by atoms with Crippen molar-refractivity contribution in [3.05, 3.63) is 0 Å². The van der Waals surface area contributed by atoms with Crippen molar-refractivity contribution in [3.63, 3.8) is 0 Å². The van der Waals surface area contributed by atoms with Crippen LogP contribution in [0.1, 0.15) is 6.92 Å². The molecule has 2 aliphatic rings. The number of nitrogens with two attached hydrogens (primary N) is 1. The maximum absolute atomic E-state index is 11.5. The molecule has 2 fully saturated rings. The number of likely N-dealkylation sites (N-methyl/N-ethyl adjacent to an activating group) is 1. The molecule has 2 saturated heterocycles. The Morgan fingerprint density at radius 2 is 1.94 bits per heavy atom. The summed E-state index contributed by atoms with van der Waals surface area (Å²) in [4.78, 5) is 4.55. The largest absolute Gasteiger partial charge is 0.325 e. The van der Waals surface area contributed by atoms with Crippen molar-refractivity contribution in [2.75, 3.05) is 38.2 Å². The number of hydrogen-bond acceptors (Lipinski definition) is 5. The Kier molecular flexibility index (Phi) is 3.27. The second-order valence-corrected chi connectivity index (χ2v) is 7.31. The molecule has 94 valence electrons. The Labute approximate surface area is 97.5 Å². The van der Waals surface area contributed by atoms with Crippen molar-refractivity contribution in [2.45, 2.75) is 25.0 Å². The van der Waals surface area contributed by atoms with E-state index in [1.807, 2.05) is 0 Å². The van der Waals surface area contributed by atoms with Gasteiger partial charge >= 0.3 is 0 Å². The lowest BCUT2D eigenvalue weighted by Crippen LogP contribution is -2.58. The zero-order valence-corrected chi connectivity index (χ0v) is 10.8. The molecule has 0 amide bonds. The normalized spacial score (nSPS) is 41.3. The summed E-state index contributed by atoms with van der Waals surface area (Å²) in [7, 11) is -0.815. The van der Waals surface area contributed by atoms with E-state index >= 15 is 0 Å². The third-order valence-electron chi connectivity index (χ3n) is 3.67. The molecule has 2 N–H and O–H groups in total. The van der Waals surface area contributed by atoms with Gasteiger partial charge in [0.25, 0.3) is 0 Å². The van der Waals surface area contributed by atoms with Crippen LogP contribution < -0.4 is 5.73 Å². The summed E-state index contributed by atoms with van der Waals surface area (Å²) < 4.78 is 23.1. The summed E-state index contributed by atoms with van der Waals surface area (Å²) in [5, 5.41) is 0. The van der Waals surface area contributed by atoms with Crippen molar-refractivity contribution in [3.8, 4) is 0 Å². The van der Waals surface area contributed by atoms with E-state index in [0.717, 1.165) is 19.6 Å². The van der Waals surface area contributed by atoms with Gasteiger partial charge in [-0.2, -0.15) is 0 Å². The summed E-state index contributed by atoms with van der Waals surface area (Å²) in [6.45, 7) is 5.05. The average Bonchev–Trinajstić information content (AvgIpc) is 2.39. The van der Waals surface area contributed by atoms with Crippen molar-refractivity contribution in [2.24, 2.45) is 5.73 Å². The summed E-state index contributed by atoms with van der Waals surface area (Å²) in [6, 6.07) is 0.202. The molecule has 5 nitrogen and oxygen atoms in total. The SMILES string of the molecule is CC1CN(C)CCN1C1CS(=O)(=O)CC1N. The molecular formula is C10H21N3O2S. The minimum absolute atomic E-state index is 0.0219. The Morgan fingerprint density at radius 1 is 1.25 bits per heavy atom. The van der Waals surface area contributed by atoms with E-state index < -0.39 is 9.84 Å². The summed E-state index contributed by atoms with van der Waals surface area (Å²) in [6.07, 6.45) is 0. The smallest absolute Gasteiger partial charge is 0.153 e. The predicted molar refractivity (Wildman–Crippen MR) is 64.1 cm³/mol. The molecule has 0 radical (unpaired) electrons. The lowest BCUT2D eigenvalue weighted by Gasteiger charge is -2.42. The highest BCUT2D eigenvalue weighted by Crippen LogP contribution is 2.21. The maximum Gasteiger partial charge on any atom is 0.153 e. The summed E-state index contributed by atoms with van der Waals surface area (Å²) in [5.74, 6) is 0.388. The van der Waals surface area contributed by atoms with Gasteiger partial charge in [-0.3, -0.25) is 4.90 Å². The fourth-order valence-corrected chi connectivity index (χ4v) is 4.75. The highest BCUT2D eigenvalue weighted by Gasteiger charge is 2.41. The molecule has 2 aliphatic heterocycles. The fourth-order valence-electron chi connectivity index (χ4n) is 2.84. The minimum atomic E-state index is -2.91. The van der Waals surface area contributed by atoms with Crippen molar-refractivity contribution < 1.29 is 8.42 Å². The number of piperazine rings is 1. The zero-order chi connectivity index (χ0) is 11.9. The third-order valence-corrected chi connectivity index (χ3v) is 5.42. The molecule has 2 rings (SSSR count). The van der Waals surface area contributed by atoms with Gasteiger partial charge in [-0.1, -0.05) is 0 Å². The predicted octanol–water partition coefficient (Wildman–Crippen LogP) is -1.25. The van der Waals surface area contributed by atoms with Crippen LogP contribution in [0.25, 0.3) is 0 Å². The topological polar surface area (TPSA) is 66.6 Å². The molecule has 0 bridgehead atoms. The molecule has 16 heavy (non-hydrogen) atoms. The second-order valence-electron chi connectivity index (χ2n) is 5.16. The monoisotopic (exact) mass is 247 g/mol. The molecule has 0 spiro atoms. The van der Waals surface area contributed by atoms with Crippen LogP contribution in [0.2, 0.25) is 0 Å². The molecule has 0 aromatic heterocycles. The van der Waals surface area contributed by atoms with E-state index in [0.29, 0.717) is 6.04 Å². The van der Waals surface area contributed by atoms with Gasteiger partial charge < -0.3 is 10.6 Å². The van der Waals surface area contributed by atoms with Gasteiger partial charge in [0.05, 0.1) is 11.5 Å². The minimum Gasteiger partial charge on any atom is -0.325 e. The highest BCUT2D eigenvalue weighted by atomic mass is 32.2. The highest BCUT2D eigenvalue weighted by molar-refractivity contribution is 7.91. The number of hydrogen-bond donors (Lipinski definition) is 1. The van der Waals surface area contributed by atoms with Crippen molar-refractivity contribution in [1.82, 2.24) is 9.80 Å². The Bertz CT molecular complexity index is 357. The third kappa shape index (κ3) is 2.40. The van der Waals surface area contributed by atoms with Crippen LogP contribution >= 0.6 is 0 Å². The molecule has 0 saturated carbocycles. The molecule has 3 unspecified atom stereocenters. The Morgan fingerprint density at radius 3 is 2.44 bits per heavy atom. The van der Waals surface area contributed by atoms with Crippen LogP contribution in [-0.4, -0.2) is 74.5 Å². The quantitative estimate of drug-likeness (QED) is 0.627. The molecule has 0 aromatic carbocycles. The van der Waals surface area contributed by atoms with Gasteiger partial charge in [0.1, 0.15) is 0 Å². The maximum atomic E-state index is 11.5. The fraction of sp³-hybridized carbons (Fsp3) is 1.00. The van der Waals surface area contributed by atoms with E-state index in [-0.39, 0.29) is 23.6 Å². The summed E-state index contributed by atoms with van der Waals surface area (Å²) in [5.41, 5.74) is 5.95. The van der Waals surface area contributed by atoms with E-state index in [1.54, 1.807) is 0 Å². The summed E-state index contributed by atoms with van der Waals surface area (Å²) >= 11 is 0. The van der Waals surface area contributed by atoms with Gasteiger partial charge in [-0.25, -0.2) is 8.42 Å². The molecule has 2 heterocycles. The molecule has 0 aromatic rings. The van der Waals surface area contributed by atoms with Crippen molar-refractivity contribution in [1.29, 1.82) is 0 Å². The number of sulfone groups is 1. The molecular weight excluding hydrogens is 226 g/mol. The van der Waals surface area contributed by atoms with E-state index in [9.17, 15) is 8.42 Å². The van der Waals surface area contributed by atoms with E-state index in [4.69, 9.17) is 5.73 Å². The lowest BCUT2D eigenvalue weighted by molar-refractivity contribution is 0.0644. The van der Waals surface area contributed by atoms with E-state index in [1.165, 1.54) is 0 Å². The first-order chi connectivity index (χ1) is 7.39. The van der Waals surface area contributed by atoms with Crippen molar-refractivity contribution >= 4 is 9.84 Å². The van der Waals surface area contributed by atoms with Gasteiger partial charge in [0.15, 0.2) is 9.84 Å². The second kappa shape index (κ2) is 4.25. The van der Waals surface area contributed by atoms with Crippen LogP contribution in [0.5, 0.6) is 0 Å². The first-order valence-electron chi connectivity index (χ1n) is 5.79. The van der Waals surface area contributed by atoms with Gasteiger partial charge in [0, 0.05) is 37.8 Å². The van der Waals surface area contributed by atoms with Gasteiger partial charge in [-0.05, 0) is 14.0 Å². The van der Waals surface area contributed by atoms with Crippen LogP contribution in [0.3, 0.4) is 0 Å². The van der Waals surface area contributed by atoms with E-state index in [2.05, 4.69) is 23.8 Å². The van der Waals surface area contributed by atoms with Gasteiger partial charge in [-0.15, -0.1) is 0 Å². The average molecular weight is 247 g/mol. The first-order valence-corrected chi connectivity index (χ1v) is 7.61. The molecule has 0 aliphatic carbocycles. The van der Waals surface area contributed by atoms with Crippen LogP contribution in [0.4, 0.5) is 0 Å². The van der Waals surface area contributed by atoms with Crippen LogP contribution in [-0.2, 0) is 9.84 Å². The van der Waals surface area contributed by atoms with Crippen LogP contribution in [0, 0.1) is 0 Å². The Hall–Kier alpha value is -0.170.